The lowest BCUT2D eigenvalue weighted by atomic mass is 9.99. The van der Waals surface area contributed by atoms with Gasteiger partial charge in [0.25, 0.3) is 0 Å². The highest BCUT2D eigenvalue weighted by molar-refractivity contribution is 5.74. The summed E-state index contributed by atoms with van der Waals surface area (Å²) < 4.78 is 4.26. The summed E-state index contributed by atoms with van der Waals surface area (Å²) in [6.07, 6.45) is 4.18. The van der Waals surface area contributed by atoms with Gasteiger partial charge in [0.15, 0.2) is 6.20 Å². The Morgan fingerprint density at radius 2 is 1.58 bits per heavy atom. The van der Waals surface area contributed by atoms with Gasteiger partial charge in [0, 0.05) is 42.1 Å². The van der Waals surface area contributed by atoms with E-state index >= 15 is 0 Å². The fourth-order valence-electron chi connectivity index (χ4n) is 3.42. The standard InChI is InChI=1S/C23H22N3/c1-17-19(22-14-7-8-15-25(22)2)12-9-13-20(17)23-24-21(16-26(23)3)18-10-5-4-6-11-18/h4-16H,1-3H3/q+1. The maximum Gasteiger partial charge on any atom is 0.212 e. The predicted molar refractivity (Wildman–Crippen MR) is 105 cm³/mol. The first-order valence-electron chi connectivity index (χ1n) is 8.79. The molecule has 0 fully saturated rings. The zero-order valence-electron chi connectivity index (χ0n) is 15.3. The summed E-state index contributed by atoms with van der Waals surface area (Å²) >= 11 is 0. The monoisotopic (exact) mass is 340 g/mol. The molecule has 0 saturated carbocycles. The van der Waals surface area contributed by atoms with Crippen molar-refractivity contribution in [2.24, 2.45) is 14.1 Å². The van der Waals surface area contributed by atoms with Crippen LogP contribution in [0.4, 0.5) is 0 Å². The Morgan fingerprint density at radius 3 is 2.35 bits per heavy atom. The Labute approximate surface area is 154 Å². The highest BCUT2D eigenvalue weighted by Gasteiger charge is 2.17. The molecule has 3 heteroatoms. The Hall–Kier alpha value is -3.20. The van der Waals surface area contributed by atoms with Crippen LogP contribution in [0, 0.1) is 6.92 Å². The largest absolute Gasteiger partial charge is 0.333 e. The van der Waals surface area contributed by atoms with Crippen LogP contribution in [0.25, 0.3) is 33.9 Å². The average molecular weight is 340 g/mol. The second kappa shape index (κ2) is 6.60. The molecule has 0 N–H and O–H groups in total. The third-order valence-electron chi connectivity index (χ3n) is 4.85. The molecule has 4 rings (SSSR count). The maximum atomic E-state index is 4.92. The molecule has 3 nitrogen and oxygen atoms in total. The maximum absolute atomic E-state index is 4.92. The summed E-state index contributed by atoms with van der Waals surface area (Å²) in [5.74, 6) is 0.988. The number of rotatable bonds is 3. The van der Waals surface area contributed by atoms with Crippen molar-refractivity contribution in [2.45, 2.75) is 6.92 Å². The summed E-state index contributed by atoms with van der Waals surface area (Å²) in [5, 5.41) is 0. The van der Waals surface area contributed by atoms with E-state index < -0.39 is 0 Å². The molecule has 26 heavy (non-hydrogen) atoms. The van der Waals surface area contributed by atoms with E-state index in [1.165, 1.54) is 16.8 Å². The van der Waals surface area contributed by atoms with Crippen LogP contribution in [-0.4, -0.2) is 9.55 Å². The number of nitrogens with zero attached hydrogens (tertiary/aromatic N) is 3. The third kappa shape index (κ3) is 2.82. The number of aryl methyl sites for hydroxylation is 2. The van der Waals surface area contributed by atoms with Gasteiger partial charge in [-0.1, -0.05) is 42.5 Å². The van der Waals surface area contributed by atoms with E-state index in [0.29, 0.717) is 0 Å². The lowest BCUT2D eigenvalue weighted by Crippen LogP contribution is -2.30. The van der Waals surface area contributed by atoms with Gasteiger partial charge in [-0.2, -0.15) is 0 Å². The molecule has 0 radical (unpaired) electrons. The van der Waals surface area contributed by atoms with Gasteiger partial charge in [-0.15, -0.1) is 0 Å². The third-order valence-corrected chi connectivity index (χ3v) is 4.85. The van der Waals surface area contributed by atoms with Crippen LogP contribution in [0.5, 0.6) is 0 Å². The Morgan fingerprint density at radius 1 is 0.846 bits per heavy atom. The van der Waals surface area contributed by atoms with Crippen LogP contribution >= 0.6 is 0 Å². The van der Waals surface area contributed by atoms with Crippen LogP contribution < -0.4 is 4.57 Å². The highest BCUT2D eigenvalue weighted by Crippen LogP contribution is 2.31. The summed E-state index contributed by atoms with van der Waals surface area (Å²) in [7, 11) is 4.14. The number of hydrogen-bond donors (Lipinski definition) is 0. The van der Waals surface area contributed by atoms with Gasteiger partial charge in [0.05, 0.1) is 5.69 Å². The van der Waals surface area contributed by atoms with Crippen LogP contribution in [0.2, 0.25) is 0 Å². The van der Waals surface area contributed by atoms with Gasteiger partial charge in [-0.3, -0.25) is 0 Å². The summed E-state index contributed by atoms with van der Waals surface area (Å²) in [6.45, 7) is 2.18. The van der Waals surface area contributed by atoms with E-state index in [-0.39, 0.29) is 0 Å². The highest BCUT2D eigenvalue weighted by atomic mass is 15.0. The van der Waals surface area contributed by atoms with Crippen LogP contribution in [0.3, 0.4) is 0 Å². The molecule has 0 spiro atoms. The van der Waals surface area contributed by atoms with Crippen molar-refractivity contribution >= 4 is 0 Å². The second-order valence-electron chi connectivity index (χ2n) is 6.60. The van der Waals surface area contributed by atoms with Crippen molar-refractivity contribution in [1.29, 1.82) is 0 Å². The first-order chi connectivity index (χ1) is 12.6. The lowest BCUT2D eigenvalue weighted by Gasteiger charge is -2.10. The minimum atomic E-state index is 0.988. The molecule has 0 aliphatic rings. The van der Waals surface area contributed by atoms with Crippen molar-refractivity contribution in [3.8, 4) is 33.9 Å². The van der Waals surface area contributed by atoms with E-state index in [1.807, 2.05) is 24.3 Å². The molecule has 0 aliphatic carbocycles. The molecule has 2 aromatic heterocycles. The number of hydrogen-bond acceptors (Lipinski definition) is 1. The van der Waals surface area contributed by atoms with Crippen molar-refractivity contribution < 1.29 is 4.57 Å². The summed E-state index contributed by atoms with van der Waals surface area (Å²) in [5.41, 5.74) is 6.97. The summed E-state index contributed by atoms with van der Waals surface area (Å²) in [4.78, 5) is 4.92. The number of benzene rings is 2. The molecular formula is C23H22N3+. The summed E-state index contributed by atoms with van der Waals surface area (Å²) in [6, 6.07) is 23.0. The topological polar surface area (TPSA) is 21.7 Å². The van der Waals surface area contributed by atoms with Gasteiger partial charge < -0.3 is 4.57 Å². The van der Waals surface area contributed by atoms with Crippen molar-refractivity contribution in [2.75, 3.05) is 0 Å². The van der Waals surface area contributed by atoms with Crippen LogP contribution in [-0.2, 0) is 14.1 Å². The van der Waals surface area contributed by atoms with E-state index in [2.05, 4.69) is 85.0 Å². The molecule has 0 amide bonds. The van der Waals surface area contributed by atoms with Gasteiger partial charge in [0.2, 0.25) is 5.69 Å². The van der Waals surface area contributed by atoms with Gasteiger partial charge in [-0.05, 0) is 24.6 Å². The van der Waals surface area contributed by atoms with Crippen molar-refractivity contribution in [3.05, 3.63) is 84.7 Å². The molecule has 0 unspecified atom stereocenters. The van der Waals surface area contributed by atoms with E-state index in [4.69, 9.17) is 4.98 Å². The molecular weight excluding hydrogens is 318 g/mol. The molecule has 0 bridgehead atoms. The van der Waals surface area contributed by atoms with Crippen LogP contribution in [0.1, 0.15) is 5.56 Å². The van der Waals surface area contributed by atoms with E-state index in [0.717, 1.165) is 22.6 Å². The zero-order chi connectivity index (χ0) is 18.1. The lowest BCUT2D eigenvalue weighted by molar-refractivity contribution is -0.660. The zero-order valence-corrected chi connectivity index (χ0v) is 15.3. The number of pyridine rings is 1. The number of imidazole rings is 1. The molecule has 2 heterocycles. The second-order valence-corrected chi connectivity index (χ2v) is 6.60. The molecule has 2 aromatic carbocycles. The van der Waals surface area contributed by atoms with Gasteiger partial charge in [0.1, 0.15) is 12.9 Å². The average Bonchev–Trinajstić information content (AvgIpc) is 3.05. The first-order valence-corrected chi connectivity index (χ1v) is 8.79. The fraction of sp³-hybridized carbons (Fsp3) is 0.130. The fourth-order valence-corrected chi connectivity index (χ4v) is 3.42. The van der Waals surface area contributed by atoms with Gasteiger partial charge >= 0.3 is 0 Å². The smallest absolute Gasteiger partial charge is 0.212 e. The minimum Gasteiger partial charge on any atom is -0.333 e. The quantitative estimate of drug-likeness (QED) is 0.501. The van der Waals surface area contributed by atoms with Gasteiger partial charge in [-0.25, -0.2) is 9.55 Å². The Balaban J connectivity index is 1.84. The molecule has 0 aliphatic heterocycles. The normalized spacial score (nSPS) is 10.9. The Bertz CT molecular complexity index is 1060. The molecule has 0 saturated heterocycles. The predicted octanol–water partition coefficient (Wildman–Crippen LogP) is 4.55. The van der Waals surface area contributed by atoms with E-state index in [1.54, 1.807) is 0 Å². The molecule has 128 valence electrons. The number of aromatic nitrogens is 3. The molecule has 0 atom stereocenters. The van der Waals surface area contributed by atoms with E-state index in [9.17, 15) is 0 Å². The van der Waals surface area contributed by atoms with Crippen molar-refractivity contribution in [3.63, 3.8) is 0 Å². The Kier molecular flexibility index (Phi) is 4.13. The molecule has 4 aromatic rings. The van der Waals surface area contributed by atoms with Crippen LogP contribution in [0.15, 0.2) is 79.1 Å². The minimum absolute atomic E-state index is 0.988. The first kappa shape index (κ1) is 16.3. The SMILES string of the molecule is Cc1c(-c2nc(-c3ccccc3)cn2C)cccc1-c1cccc[n+]1C. The van der Waals surface area contributed by atoms with Crippen molar-refractivity contribution in [1.82, 2.24) is 9.55 Å².